The normalized spacial score (nSPS) is 21.5. The monoisotopic (exact) mass is 487 g/mol. The van der Waals surface area contributed by atoms with E-state index in [1.807, 2.05) is 0 Å². The van der Waals surface area contributed by atoms with Crippen molar-refractivity contribution in [2.75, 3.05) is 132 Å². The molecule has 0 amide bonds. The minimum atomic E-state index is 0.889. The van der Waals surface area contributed by atoms with Gasteiger partial charge in [-0.05, 0) is 0 Å². The van der Waals surface area contributed by atoms with Gasteiger partial charge in [0, 0.05) is 65.4 Å². The van der Waals surface area contributed by atoms with Crippen molar-refractivity contribution in [2.45, 2.75) is 0 Å². The van der Waals surface area contributed by atoms with E-state index in [0.29, 0.717) is 0 Å². The van der Waals surface area contributed by atoms with E-state index in [1.165, 1.54) is 12.1 Å². The maximum Gasteiger partial charge on any atom is 0.181 e. The smallest absolute Gasteiger partial charge is 0.181 e. The molecule has 0 aromatic carbocycles. The molecule has 0 aromatic rings. The number of ether oxygens (including phenoxy) is 5. The minimum absolute atomic E-state index is 0.889. The first kappa shape index (κ1) is 32.6. The lowest BCUT2D eigenvalue weighted by atomic mass is 10.5. The molecule has 5 rings (SSSR count). The van der Waals surface area contributed by atoms with E-state index in [0.717, 1.165) is 132 Å². The number of nitrogens with zero attached hydrogens (tertiary/aromatic N) is 2. The molecule has 0 spiro atoms. The van der Waals surface area contributed by atoms with Gasteiger partial charge in [-0.15, -0.1) is 0 Å². The van der Waals surface area contributed by atoms with Crippen LogP contribution in [-0.4, -0.2) is 132 Å². The first-order valence-corrected chi connectivity index (χ1v) is 12.1. The second-order valence-corrected chi connectivity index (χ2v) is 7.04. The molecule has 0 radical (unpaired) electrons. The molecule has 5 aliphatic rings. The van der Waals surface area contributed by atoms with Crippen LogP contribution in [-0.2, 0) is 23.7 Å². The molecule has 34 heavy (non-hydrogen) atoms. The van der Waals surface area contributed by atoms with Crippen LogP contribution < -0.4 is 26.6 Å². The van der Waals surface area contributed by atoms with Crippen LogP contribution in [0, 0.1) is 22.7 Å². The third-order valence-electron chi connectivity index (χ3n) is 4.28. The van der Waals surface area contributed by atoms with Crippen molar-refractivity contribution in [3.05, 3.63) is 0 Å². The molecule has 5 aliphatic heterocycles. The zero-order chi connectivity index (χ0) is 24.6. The predicted octanol–water partition coefficient (Wildman–Crippen LogP) is -1.94. The van der Waals surface area contributed by atoms with Crippen LogP contribution in [0.5, 0.6) is 0 Å². The fourth-order valence-corrected chi connectivity index (χ4v) is 2.58. The van der Waals surface area contributed by atoms with Crippen molar-refractivity contribution >= 4 is 0 Å². The summed E-state index contributed by atoms with van der Waals surface area (Å²) in [5, 5.41) is 30.3. The molecule has 198 valence electrons. The number of rotatable bonds is 0. The molecule has 0 saturated carbocycles. The molecule has 5 fully saturated rings. The largest absolute Gasteiger partial charge is 0.379 e. The highest BCUT2D eigenvalue weighted by Gasteiger charge is 1.95. The Labute approximate surface area is 205 Å². The van der Waals surface area contributed by atoms with Gasteiger partial charge in [0.2, 0.25) is 0 Å². The number of morpholine rings is 5. The highest BCUT2D eigenvalue weighted by atomic mass is 16.5. The van der Waals surface area contributed by atoms with E-state index in [9.17, 15) is 0 Å². The molecule has 0 atom stereocenters. The Kier molecular flexibility index (Phi) is 30.3. The maximum atomic E-state index is 7.26. The average Bonchev–Trinajstić information content (AvgIpc) is 2.99. The van der Waals surface area contributed by atoms with E-state index in [4.69, 9.17) is 34.2 Å². The zero-order valence-electron chi connectivity index (χ0n) is 20.6. The van der Waals surface area contributed by atoms with Crippen molar-refractivity contribution in [3.8, 4) is 12.1 Å². The summed E-state index contributed by atoms with van der Waals surface area (Å²) in [7, 11) is 0. The summed E-state index contributed by atoms with van der Waals surface area (Å²) in [5.41, 5.74) is 0. The SMILES string of the molecule is C1COCCN1.C1COCCN1.C1COCCN1.C1COCCN1.C1COCCN1.N#CC#N. The van der Waals surface area contributed by atoms with Gasteiger partial charge in [0.25, 0.3) is 0 Å². The molecule has 0 bridgehead atoms. The van der Waals surface area contributed by atoms with Gasteiger partial charge >= 0.3 is 0 Å². The zero-order valence-corrected chi connectivity index (χ0v) is 20.6. The topological polar surface area (TPSA) is 154 Å². The van der Waals surface area contributed by atoms with Crippen LogP contribution in [0.1, 0.15) is 0 Å². The second kappa shape index (κ2) is 31.6. The van der Waals surface area contributed by atoms with Crippen LogP contribution in [0.3, 0.4) is 0 Å². The highest BCUT2D eigenvalue weighted by molar-refractivity contribution is 4.99. The predicted molar refractivity (Wildman–Crippen MR) is 130 cm³/mol. The number of nitrogens with one attached hydrogen (secondary N) is 5. The molecule has 5 N–H and O–H groups in total. The summed E-state index contributed by atoms with van der Waals surface area (Å²) in [6.07, 6.45) is 0. The van der Waals surface area contributed by atoms with Crippen LogP contribution in [0.15, 0.2) is 0 Å². The number of hydrogen-bond donors (Lipinski definition) is 5. The first-order chi connectivity index (χ1) is 16.9. The summed E-state index contributed by atoms with van der Waals surface area (Å²) in [6, 6.07) is 2.47. The summed E-state index contributed by atoms with van der Waals surface area (Å²) >= 11 is 0. The van der Waals surface area contributed by atoms with E-state index in [1.54, 1.807) is 0 Å². The molecule has 5 heterocycles. The summed E-state index contributed by atoms with van der Waals surface area (Å²) < 4.78 is 25.0. The Balaban J connectivity index is 0.000000387. The van der Waals surface area contributed by atoms with Crippen molar-refractivity contribution < 1.29 is 23.7 Å². The molecule has 5 saturated heterocycles. The van der Waals surface area contributed by atoms with Gasteiger partial charge in [0.15, 0.2) is 12.1 Å². The van der Waals surface area contributed by atoms with Crippen LogP contribution in [0.2, 0.25) is 0 Å². The first-order valence-electron chi connectivity index (χ1n) is 12.1. The van der Waals surface area contributed by atoms with Gasteiger partial charge in [-0.1, -0.05) is 0 Å². The molecular weight excluding hydrogens is 442 g/mol. The van der Waals surface area contributed by atoms with Gasteiger partial charge < -0.3 is 50.3 Å². The van der Waals surface area contributed by atoms with E-state index < -0.39 is 0 Å². The van der Waals surface area contributed by atoms with Crippen LogP contribution >= 0.6 is 0 Å². The van der Waals surface area contributed by atoms with E-state index in [2.05, 4.69) is 26.6 Å². The third kappa shape index (κ3) is 30.6. The highest BCUT2D eigenvalue weighted by Crippen LogP contribution is 1.79. The molecule has 12 heteroatoms. The Morgan fingerprint density at radius 3 is 0.500 bits per heavy atom. The second-order valence-electron chi connectivity index (χ2n) is 7.04. The number of nitriles is 2. The van der Waals surface area contributed by atoms with Crippen molar-refractivity contribution in [1.82, 2.24) is 26.6 Å². The van der Waals surface area contributed by atoms with Crippen molar-refractivity contribution in [3.63, 3.8) is 0 Å². The summed E-state index contributed by atoms with van der Waals surface area (Å²) in [4.78, 5) is 0. The standard InChI is InChI=1S/5C4H9NO.C2N2/c5*1-3-6-4-2-5-1;3-1-2-4/h5*5H,1-4H2;. The van der Waals surface area contributed by atoms with Gasteiger partial charge in [-0.3, -0.25) is 0 Å². The number of hydrogen-bond acceptors (Lipinski definition) is 12. The van der Waals surface area contributed by atoms with Gasteiger partial charge in [-0.2, -0.15) is 10.5 Å². The fourth-order valence-electron chi connectivity index (χ4n) is 2.58. The molecule has 0 aliphatic carbocycles. The van der Waals surface area contributed by atoms with Crippen molar-refractivity contribution in [1.29, 1.82) is 10.5 Å². The Bertz CT molecular complexity index is 318. The third-order valence-corrected chi connectivity index (χ3v) is 4.28. The Morgan fingerprint density at radius 2 is 0.471 bits per heavy atom. The molecule has 0 unspecified atom stereocenters. The quantitative estimate of drug-likeness (QED) is 0.258. The van der Waals surface area contributed by atoms with Crippen LogP contribution in [0.25, 0.3) is 0 Å². The average molecular weight is 488 g/mol. The van der Waals surface area contributed by atoms with E-state index in [-0.39, 0.29) is 0 Å². The maximum absolute atomic E-state index is 7.26. The Morgan fingerprint density at radius 1 is 0.324 bits per heavy atom. The molecule has 0 aromatic heterocycles. The Hall–Kier alpha value is -1.42. The summed E-state index contributed by atoms with van der Waals surface area (Å²) in [6.45, 7) is 19.2. The van der Waals surface area contributed by atoms with Gasteiger partial charge in [-0.25, -0.2) is 0 Å². The van der Waals surface area contributed by atoms with Gasteiger partial charge in [0.1, 0.15) is 0 Å². The van der Waals surface area contributed by atoms with Crippen LogP contribution in [0.4, 0.5) is 0 Å². The van der Waals surface area contributed by atoms with Gasteiger partial charge in [0.05, 0.1) is 66.1 Å². The minimum Gasteiger partial charge on any atom is -0.379 e. The van der Waals surface area contributed by atoms with E-state index >= 15 is 0 Å². The van der Waals surface area contributed by atoms with Crippen molar-refractivity contribution in [2.24, 2.45) is 0 Å². The molecule has 12 nitrogen and oxygen atoms in total. The summed E-state index contributed by atoms with van der Waals surface area (Å²) in [5.74, 6) is 0. The lowest BCUT2D eigenvalue weighted by Crippen LogP contribution is -2.30. The lowest BCUT2D eigenvalue weighted by molar-refractivity contribution is 0.109. The lowest BCUT2D eigenvalue weighted by Gasteiger charge is -2.10. The molecular formula is C22H45N7O5. The fraction of sp³-hybridized carbons (Fsp3) is 0.909.